The van der Waals surface area contributed by atoms with E-state index in [1.807, 2.05) is 0 Å². The number of aliphatic hydroxyl groups is 7. The second-order valence-electron chi connectivity index (χ2n) is 10.4. The van der Waals surface area contributed by atoms with E-state index in [2.05, 4.69) is 0 Å². The molecule has 2 saturated heterocycles. The average molecular weight is 625 g/mol. The van der Waals surface area contributed by atoms with Crippen molar-refractivity contribution >= 4 is 11.0 Å². The monoisotopic (exact) mass is 624 g/mol. The Labute approximate surface area is 247 Å². The summed E-state index contributed by atoms with van der Waals surface area (Å²) in [6.07, 6.45) is -17.5. The number of hydrogen-bond donors (Lipinski definition) is 10. The SMILES string of the molecule is COc1cc(-c2cc(=O)c3c(O)c(C4OC(CO)C(O)C(O)C4OC4OC(CO)C(O)C(O)C4O)c(O)cc3o2)ccc1O. The van der Waals surface area contributed by atoms with Gasteiger partial charge < -0.3 is 74.4 Å². The molecule has 0 amide bonds. The van der Waals surface area contributed by atoms with E-state index < -0.39 is 102 Å². The topological polar surface area (TPSA) is 269 Å². The predicted octanol–water partition coefficient (Wildman–Crippen LogP) is -2.08. The number of fused-ring (bicyclic) bond motifs is 1. The van der Waals surface area contributed by atoms with Crippen molar-refractivity contribution in [2.45, 2.75) is 61.2 Å². The largest absolute Gasteiger partial charge is 0.507 e. The van der Waals surface area contributed by atoms with Crippen molar-refractivity contribution in [1.29, 1.82) is 0 Å². The second kappa shape index (κ2) is 12.4. The third-order valence-electron chi connectivity index (χ3n) is 7.77. The first kappa shape index (κ1) is 31.9. The van der Waals surface area contributed by atoms with E-state index in [-0.39, 0.29) is 22.8 Å². The van der Waals surface area contributed by atoms with E-state index in [0.717, 1.165) is 12.1 Å². The minimum absolute atomic E-state index is 0.0102. The number of benzene rings is 2. The van der Waals surface area contributed by atoms with Gasteiger partial charge in [0.25, 0.3) is 0 Å². The lowest BCUT2D eigenvalue weighted by atomic mass is 9.89. The maximum Gasteiger partial charge on any atom is 0.197 e. The van der Waals surface area contributed by atoms with Crippen LogP contribution in [0.15, 0.2) is 39.5 Å². The molecule has 0 spiro atoms. The first-order chi connectivity index (χ1) is 20.9. The lowest BCUT2D eigenvalue weighted by Crippen LogP contribution is -2.62. The van der Waals surface area contributed by atoms with Crippen molar-refractivity contribution < 1.29 is 74.4 Å². The Morgan fingerprint density at radius 1 is 0.795 bits per heavy atom. The van der Waals surface area contributed by atoms with Crippen LogP contribution < -0.4 is 10.2 Å². The summed E-state index contributed by atoms with van der Waals surface area (Å²) in [5.41, 5.74) is -1.27. The number of aliphatic hydroxyl groups excluding tert-OH is 7. The zero-order valence-corrected chi connectivity index (χ0v) is 23.0. The highest BCUT2D eigenvalue weighted by Crippen LogP contribution is 2.46. The van der Waals surface area contributed by atoms with Crippen LogP contribution in [0.4, 0.5) is 0 Å². The van der Waals surface area contributed by atoms with Crippen molar-refractivity contribution in [1.82, 2.24) is 0 Å². The van der Waals surface area contributed by atoms with Gasteiger partial charge in [-0.1, -0.05) is 0 Å². The number of phenols is 3. The Morgan fingerprint density at radius 2 is 1.45 bits per heavy atom. The van der Waals surface area contributed by atoms with Gasteiger partial charge in [0, 0.05) is 17.7 Å². The maximum absolute atomic E-state index is 13.3. The van der Waals surface area contributed by atoms with E-state index in [0.29, 0.717) is 5.56 Å². The Kier molecular flexibility index (Phi) is 9.01. The summed E-state index contributed by atoms with van der Waals surface area (Å²) in [6.45, 7) is -1.63. The molecule has 44 heavy (non-hydrogen) atoms. The first-order valence-electron chi connectivity index (χ1n) is 13.4. The minimum atomic E-state index is -1.93. The Bertz CT molecular complexity index is 1550. The highest BCUT2D eigenvalue weighted by Gasteiger charge is 2.52. The van der Waals surface area contributed by atoms with E-state index >= 15 is 0 Å². The molecule has 240 valence electrons. The van der Waals surface area contributed by atoms with Crippen LogP contribution in [0.2, 0.25) is 0 Å². The molecule has 3 aromatic rings. The number of aromatic hydroxyl groups is 3. The van der Waals surface area contributed by atoms with Crippen molar-refractivity contribution in [3.05, 3.63) is 46.1 Å². The molecular formula is C28H32O16. The standard InChI is InChI=1S/C28H32O16/c1-40-14-4-9(2-3-10(14)31)13-5-11(32)18-15(41-13)6-12(33)19(22(18)36)26-27(24(38)21(35)16(7-29)42-26)44-28-25(39)23(37)20(34)17(8-30)43-28/h2-6,16-17,20-21,23-31,33-39H,7-8H2,1H3. The molecule has 2 fully saturated rings. The average Bonchev–Trinajstić information content (AvgIpc) is 3.00. The number of ether oxygens (including phenoxy) is 4. The van der Waals surface area contributed by atoms with Crippen LogP contribution in [-0.2, 0) is 14.2 Å². The molecule has 0 radical (unpaired) electrons. The van der Waals surface area contributed by atoms with Gasteiger partial charge in [0.15, 0.2) is 23.2 Å². The van der Waals surface area contributed by atoms with Crippen molar-refractivity contribution in [3.63, 3.8) is 0 Å². The fraction of sp³-hybridized carbons (Fsp3) is 0.464. The van der Waals surface area contributed by atoms with E-state index in [9.17, 15) is 55.9 Å². The molecule has 10 unspecified atom stereocenters. The molecule has 0 saturated carbocycles. The van der Waals surface area contributed by atoms with Gasteiger partial charge in [-0.15, -0.1) is 0 Å². The van der Waals surface area contributed by atoms with E-state index in [4.69, 9.17) is 23.4 Å². The van der Waals surface area contributed by atoms with Crippen molar-refractivity contribution in [2.24, 2.45) is 0 Å². The van der Waals surface area contributed by atoms with Gasteiger partial charge in [-0.3, -0.25) is 4.79 Å². The van der Waals surface area contributed by atoms with Crippen LogP contribution in [0.25, 0.3) is 22.3 Å². The molecule has 10 N–H and O–H groups in total. The van der Waals surface area contributed by atoms with E-state index in [1.165, 1.54) is 25.3 Å². The quantitative estimate of drug-likeness (QED) is 0.135. The fourth-order valence-electron chi connectivity index (χ4n) is 5.37. The molecule has 2 aliphatic rings. The molecule has 2 aromatic carbocycles. The summed E-state index contributed by atoms with van der Waals surface area (Å²) < 4.78 is 27.6. The smallest absolute Gasteiger partial charge is 0.197 e. The van der Waals surface area contributed by atoms with Gasteiger partial charge in [-0.2, -0.15) is 0 Å². The molecule has 16 heteroatoms. The maximum atomic E-state index is 13.3. The molecule has 1 aromatic heterocycles. The lowest BCUT2D eigenvalue weighted by Gasteiger charge is -2.46. The molecular weight excluding hydrogens is 592 g/mol. The van der Waals surface area contributed by atoms with Crippen LogP contribution >= 0.6 is 0 Å². The summed E-state index contributed by atoms with van der Waals surface area (Å²) in [4.78, 5) is 13.3. The number of methoxy groups -OCH3 is 1. The third kappa shape index (κ3) is 5.45. The predicted molar refractivity (Wildman–Crippen MR) is 145 cm³/mol. The summed E-state index contributed by atoms with van der Waals surface area (Å²) in [6, 6.07) is 6.16. The van der Waals surface area contributed by atoms with Crippen LogP contribution in [-0.4, -0.2) is 127 Å². The molecule has 0 aliphatic carbocycles. The zero-order chi connectivity index (χ0) is 32.0. The normalized spacial score (nSPS) is 32.5. The number of hydrogen-bond acceptors (Lipinski definition) is 16. The Balaban J connectivity index is 1.59. The highest BCUT2D eigenvalue weighted by atomic mass is 16.7. The van der Waals surface area contributed by atoms with Gasteiger partial charge in [0.2, 0.25) is 0 Å². The molecule has 10 atom stereocenters. The van der Waals surface area contributed by atoms with Crippen LogP contribution in [0, 0.1) is 0 Å². The van der Waals surface area contributed by atoms with Crippen molar-refractivity contribution in [3.8, 4) is 34.3 Å². The van der Waals surface area contributed by atoms with Crippen molar-refractivity contribution in [2.75, 3.05) is 20.3 Å². The second-order valence-corrected chi connectivity index (χ2v) is 10.4. The lowest BCUT2D eigenvalue weighted by molar-refractivity contribution is -0.342. The summed E-state index contributed by atoms with van der Waals surface area (Å²) in [7, 11) is 1.33. The summed E-state index contributed by atoms with van der Waals surface area (Å²) in [5.74, 6) is -1.68. The van der Waals surface area contributed by atoms with Gasteiger partial charge >= 0.3 is 0 Å². The third-order valence-corrected chi connectivity index (χ3v) is 7.77. The Morgan fingerprint density at radius 3 is 2.11 bits per heavy atom. The van der Waals surface area contributed by atoms with Crippen LogP contribution in [0.3, 0.4) is 0 Å². The van der Waals surface area contributed by atoms with Crippen LogP contribution in [0.1, 0.15) is 11.7 Å². The van der Waals surface area contributed by atoms with Crippen LogP contribution in [0.5, 0.6) is 23.0 Å². The summed E-state index contributed by atoms with van der Waals surface area (Å²) in [5, 5.41) is 103. The first-order valence-corrected chi connectivity index (χ1v) is 13.4. The van der Waals surface area contributed by atoms with Gasteiger partial charge in [0.1, 0.15) is 83.2 Å². The number of phenolic OH excluding ortho intramolecular Hbond substituents is 3. The van der Waals surface area contributed by atoms with Gasteiger partial charge in [-0.05, 0) is 18.2 Å². The van der Waals surface area contributed by atoms with Gasteiger partial charge in [0.05, 0.1) is 25.9 Å². The molecule has 2 aliphatic heterocycles. The molecule has 5 rings (SSSR count). The zero-order valence-electron chi connectivity index (χ0n) is 23.0. The molecule has 16 nitrogen and oxygen atoms in total. The Hall–Kier alpha value is -3.55. The highest BCUT2D eigenvalue weighted by molar-refractivity contribution is 5.88. The number of rotatable bonds is 7. The summed E-state index contributed by atoms with van der Waals surface area (Å²) >= 11 is 0. The van der Waals surface area contributed by atoms with Gasteiger partial charge in [-0.25, -0.2) is 0 Å². The minimum Gasteiger partial charge on any atom is -0.507 e. The van der Waals surface area contributed by atoms with E-state index in [1.54, 1.807) is 0 Å². The fourth-order valence-corrected chi connectivity index (χ4v) is 5.37. The molecule has 0 bridgehead atoms. The molecule has 3 heterocycles.